The fourth-order valence-corrected chi connectivity index (χ4v) is 1.29. The fraction of sp³-hybridized carbons (Fsp3) is 0.250. The van der Waals surface area contributed by atoms with E-state index in [9.17, 15) is 13.2 Å². The van der Waals surface area contributed by atoms with Gasteiger partial charge in [-0.15, -0.1) is 0 Å². The van der Waals surface area contributed by atoms with Gasteiger partial charge in [0, 0.05) is 12.2 Å². The molecule has 0 saturated heterocycles. The van der Waals surface area contributed by atoms with Crippen molar-refractivity contribution in [3.05, 3.63) is 36.5 Å². The first-order valence-corrected chi connectivity index (χ1v) is 3.89. The summed E-state index contributed by atoms with van der Waals surface area (Å²) in [6.07, 6.45) is 2.93. The molecule has 0 fully saturated rings. The van der Waals surface area contributed by atoms with Gasteiger partial charge in [-0.05, 0) is 0 Å². The van der Waals surface area contributed by atoms with Crippen molar-refractivity contribution in [1.29, 1.82) is 0 Å². The summed E-state index contributed by atoms with van der Waals surface area (Å²) >= 11 is 0. The average molecular weight is 201 g/mol. The third-order valence-corrected chi connectivity index (χ3v) is 1.87. The van der Waals surface area contributed by atoms with Crippen molar-refractivity contribution in [3.8, 4) is 0 Å². The molecule has 1 aliphatic carbocycles. The normalized spacial score (nSPS) is 27.1. The number of rotatable bonds is 1. The molecule has 6 heteroatoms. The number of nitrogens with zero attached hydrogens (tertiary/aromatic N) is 3. The van der Waals surface area contributed by atoms with E-state index in [0.717, 1.165) is 17.3 Å². The van der Waals surface area contributed by atoms with Crippen LogP contribution in [-0.4, -0.2) is 14.8 Å². The minimum Gasteiger partial charge on any atom is -0.223 e. The molecule has 74 valence electrons. The van der Waals surface area contributed by atoms with Crippen molar-refractivity contribution in [2.45, 2.75) is 12.2 Å². The molecule has 1 aliphatic rings. The van der Waals surface area contributed by atoms with Crippen LogP contribution in [0.15, 0.2) is 36.5 Å². The van der Waals surface area contributed by atoms with Crippen molar-refractivity contribution >= 4 is 0 Å². The van der Waals surface area contributed by atoms with E-state index in [1.807, 2.05) is 0 Å². The van der Waals surface area contributed by atoms with Gasteiger partial charge in [0.2, 0.25) is 5.79 Å². The Hall–Kier alpha value is -1.59. The molecular formula is C8H6F3N3. The van der Waals surface area contributed by atoms with Gasteiger partial charge in [0.05, 0.1) is 6.42 Å². The molecule has 3 nitrogen and oxygen atoms in total. The third-order valence-electron chi connectivity index (χ3n) is 1.87. The lowest BCUT2D eigenvalue weighted by Crippen LogP contribution is -2.28. The maximum atomic E-state index is 13.9. The average Bonchev–Trinajstić information content (AvgIpc) is 2.52. The van der Waals surface area contributed by atoms with Crippen LogP contribution in [0.1, 0.15) is 6.42 Å². The van der Waals surface area contributed by atoms with E-state index >= 15 is 0 Å². The highest BCUT2D eigenvalue weighted by atomic mass is 19.2. The van der Waals surface area contributed by atoms with Crippen molar-refractivity contribution in [2.75, 3.05) is 0 Å². The van der Waals surface area contributed by atoms with Crippen molar-refractivity contribution < 1.29 is 13.2 Å². The number of hydrogen-bond acceptors (Lipinski definition) is 2. The second-order valence-electron chi connectivity index (χ2n) is 2.96. The summed E-state index contributed by atoms with van der Waals surface area (Å²) in [4.78, 5) is 3.51. The van der Waals surface area contributed by atoms with E-state index in [-0.39, 0.29) is 0 Å². The zero-order chi connectivity index (χ0) is 10.2. The molecular weight excluding hydrogens is 195 g/mol. The SMILES string of the molecule is FC1=CC(F)(n2cncn2)CC(F)=C1. The molecule has 0 aliphatic heterocycles. The lowest BCUT2D eigenvalue weighted by atomic mass is 10.1. The summed E-state index contributed by atoms with van der Waals surface area (Å²) in [7, 11) is 0. The molecule has 1 atom stereocenters. The zero-order valence-corrected chi connectivity index (χ0v) is 6.99. The number of aromatic nitrogens is 3. The maximum absolute atomic E-state index is 13.9. The lowest BCUT2D eigenvalue weighted by molar-refractivity contribution is 0.101. The number of alkyl halides is 1. The first-order valence-electron chi connectivity index (χ1n) is 3.89. The molecule has 0 aromatic carbocycles. The summed E-state index contributed by atoms with van der Waals surface area (Å²) in [6.45, 7) is 0. The quantitative estimate of drug-likeness (QED) is 0.695. The molecule has 0 bridgehead atoms. The molecule has 0 spiro atoms. The van der Waals surface area contributed by atoms with Crippen LogP contribution in [0, 0.1) is 0 Å². The second-order valence-corrected chi connectivity index (χ2v) is 2.96. The molecule has 0 N–H and O–H groups in total. The van der Waals surface area contributed by atoms with E-state index < -0.39 is 23.9 Å². The smallest absolute Gasteiger partial charge is 0.223 e. The van der Waals surface area contributed by atoms with Gasteiger partial charge in [0.25, 0.3) is 0 Å². The summed E-state index contributed by atoms with van der Waals surface area (Å²) in [5.41, 5.74) is 0. The maximum Gasteiger partial charge on any atom is 0.231 e. The predicted molar refractivity (Wildman–Crippen MR) is 42.1 cm³/mol. The number of allylic oxidation sites excluding steroid dienone is 4. The molecule has 0 radical (unpaired) electrons. The van der Waals surface area contributed by atoms with Gasteiger partial charge in [-0.3, -0.25) is 0 Å². The van der Waals surface area contributed by atoms with Gasteiger partial charge >= 0.3 is 0 Å². The van der Waals surface area contributed by atoms with Gasteiger partial charge in [-0.1, -0.05) is 0 Å². The van der Waals surface area contributed by atoms with E-state index in [0.29, 0.717) is 12.2 Å². The summed E-state index contributed by atoms with van der Waals surface area (Å²) < 4.78 is 40.2. The highest BCUT2D eigenvalue weighted by molar-refractivity contribution is 5.24. The van der Waals surface area contributed by atoms with Crippen molar-refractivity contribution in [3.63, 3.8) is 0 Å². The van der Waals surface area contributed by atoms with Crippen LogP contribution in [-0.2, 0) is 5.79 Å². The monoisotopic (exact) mass is 201 g/mol. The first kappa shape index (κ1) is 8.98. The Balaban J connectivity index is 2.40. The van der Waals surface area contributed by atoms with Crippen LogP contribution < -0.4 is 0 Å². The van der Waals surface area contributed by atoms with Gasteiger partial charge < -0.3 is 0 Å². The molecule has 1 heterocycles. The van der Waals surface area contributed by atoms with E-state index in [1.165, 1.54) is 0 Å². The summed E-state index contributed by atoms with van der Waals surface area (Å²) in [5.74, 6) is -4.10. The van der Waals surface area contributed by atoms with Crippen molar-refractivity contribution in [1.82, 2.24) is 14.8 Å². The highest BCUT2D eigenvalue weighted by Gasteiger charge is 2.35. The zero-order valence-electron chi connectivity index (χ0n) is 6.99. The van der Waals surface area contributed by atoms with Crippen LogP contribution in [0.25, 0.3) is 0 Å². The van der Waals surface area contributed by atoms with E-state index in [2.05, 4.69) is 10.1 Å². The summed E-state index contributed by atoms with van der Waals surface area (Å²) in [5, 5.41) is 3.51. The predicted octanol–water partition coefficient (Wildman–Crippen LogP) is 2.01. The fourth-order valence-electron chi connectivity index (χ4n) is 1.29. The highest BCUT2D eigenvalue weighted by Crippen LogP contribution is 2.34. The Morgan fingerprint density at radius 2 is 2.21 bits per heavy atom. The molecule has 1 aromatic heterocycles. The minimum atomic E-state index is -2.29. The first-order chi connectivity index (χ1) is 6.60. The number of halogens is 3. The van der Waals surface area contributed by atoms with Gasteiger partial charge in [0.1, 0.15) is 24.3 Å². The van der Waals surface area contributed by atoms with Crippen molar-refractivity contribution in [2.24, 2.45) is 0 Å². The number of hydrogen-bond donors (Lipinski definition) is 0. The topological polar surface area (TPSA) is 30.7 Å². The largest absolute Gasteiger partial charge is 0.231 e. The van der Waals surface area contributed by atoms with Crippen LogP contribution in [0.3, 0.4) is 0 Å². The van der Waals surface area contributed by atoms with Gasteiger partial charge in [0.15, 0.2) is 0 Å². The Bertz CT molecular complexity index is 396. The minimum absolute atomic E-state index is 0.566. The molecule has 0 saturated carbocycles. The Morgan fingerprint density at radius 3 is 2.79 bits per heavy atom. The second kappa shape index (κ2) is 2.97. The van der Waals surface area contributed by atoms with Crippen LogP contribution in [0.5, 0.6) is 0 Å². The van der Waals surface area contributed by atoms with Crippen LogP contribution in [0.2, 0.25) is 0 Å². The lowest BCUT2D eigenvalue weighted by Gasteiger charge is -2.23. The van der Waals surface area contributed by atoms with Crippen LogP contribution in [0.4, 0.5) is 13.2 Å². The van der Waals surface area contributed by atoms with E-state index in [1.54, 1.807) is 0 Å². The molecule has 2 rings (SSSR count). The summed E-state index contributed by atoms with van der Waals surface area (Å²) in [6, 6.07) is 0. The van der Waals surface area contributed by atoms with E-state index in [4.69, 9.17) is 0 Å². The molecule has 1 aromatic rings. The Morgan fingerprint density at radius 1 is 1.43 bits per heavy atom. The van der Waals surface area contributed by atoms with Gasteiger partial charge in [-0.2, -0.15) is 5.10 Å². The third kappa shape index (κ3) is 1.43. The molecule has 14 heavy (non-hydrogen) atoms. The Labute approximate surface area is 77.6 Å². The Kier molecular flexibility index (Phi) is 1.90. The standard InChI is InChI=1S/C8H6F3N3/c9-6-1-7(10)3-8(11,2-6)14-5-12-4-13-14/h1-2,4-5H,3H2. The van der Waals surface area contributed by atoms with Gasteiger partial charge in [-0.25, -0.2) is 22.8 Å². The molecule has 1 unspecified atom stereocenters. The van der Waals surface area contributed by atoms with Crippen LogP contribution >= 0.6 is 0 Å². The molecule has 0 amide bonds.